The molecule has 0 aliphatic carbocycles. The number of nitrogens with zero attached hydrogens (tertiary/aromatic N) is 1. The molecule has 1 saturated heterocycles. The Morgan fingerprint density at radius 2 is 1.96 bits per heavy atom. The normalized spacial score (nSPS) is 17.2. The molecule has 2 rings (SSSR count). The van der Waals surface area contributed by atoms with Gasteiger partial charge in [-0.15, -0.1) is 0 Å². The van der Waals surface area contributed by atoms with E-state index in [-0.39, 0.29) is 17.4 Å². The first-order valence-corrected chi connectivity index (χ1v) is 9.46. The Morgan fingerprint density at radius 3 is 2.57 bits per heavy atom. The Morgan fingerprint density at radius 1 is 1.30 bits per heavy atom. The van der Waals surface area contributed by atoms with Crippen LogP contribution in [0.2, 0.25) is 0 Å². The van der Waals surface area contributed by atoms with E-state index in [1.165, 1.54) is 6.26 Å². The van der Waals surface area contributed by atoms with Gasteiger partial charge in [-0.3, -0.25) is 4.79 Å². The molecule has 1 fully saturated rings. The molecule has 5 nitrogen and oxygen atoms in total. The zero-order chi connectivity index (χ0) is 17.0. The number of piperidine rings is 1. The summed E-state index contributed by atoms with van der Waals surface area (Å²) >= 11 is 0. The molecule has 1 aliphatic rings. The molecule has 0 saturated carbocycles. The molecule has 1 amide bonds. The van der Waals surface area contributed by atoms with Gasteiger partial charge in [0.2, 0.25) is 0 Å². The number of hydrogen-bond acceptors (Lipinski definition) is 4. The van der Waals surface area contributed by atoms with Crippen molar-refractivity contribution in [2.45, 2.75) is 18.9 Å². The number of hydrogen-bond donors (Lipinski definition) is 1. The van der Waals surface area contributed by atoms with Gasteiger partial charge in [0.05, 0.1) is 11.3 Å². The number of sulfone groups is 1. The predicted octanol–water partition coefficient (Wildman–Crippen LogP) is 1.20. The van der Waals surface area contributed by atoms with Gasteiger partial charge in [0.1, 0.15) is 21.5 Å². The van der Waals surface area contributed by atoms with E-state index in [0.717, 1.165) is 18.2 Å². The second-order valence-corrected chi connectivity index (χ2v) is 8.10. The van der Waals surface area contributed by atoms with Crippen LogP contribution in [-0.4, -0.2) is 56.9 Å². The van der Waals surface area contributed by atoms with Crippen molar-refractivity contribution >= 4 is 15.7 Å². The van der Waals surface area contributed by atoms with Crippen molar-refractivity contribution in [2.24, 2.45) is 0 Å². The zero-order valence-electron chi connectivity index (χ0n) is 12.9. The van der Waals surface area contributed by atoms with Crippen LogP contribution in [0.4, 0.5) is 8.78 Å². The van der Waals surface area contributed by atoms with Crippen molar-refractivity contribution in [1.82, 2.24) is 10.2 Å². The predicted molar refractivity (Wildman–Crippen MR) is 83.0 cm³/mol. The summed E-state index contributed by atoms with van der Waals surface area (Å²) in [6, 6.07) is 2.65. The molecule has 1 aromatic rings. The van der Waals surface area contributed by atoms with Crippen LogP contribution in [0.1, 0.15) is 23.2 Å². The van der Waals surface area contributed by atoms with E-state index in [1.54, 1.807) is 0 Å². The van der Waals surface area contributed by atoms with E-state index >= 15 is 0 Å². The second-order valence-electron chi connectivity index (χ2n) is 5.84. The van der Waals surface area contributed by atoms with Gasteiger partial charge in [0.25, 0.3) is 5.91 Å². The molecule has 0 bridgehead atoms. The van der Waals surface area contributed by atoms with Crippen molar-refractivity contribution in [3.63, 3.8) is 0 Å². The van der Waals surface area contributed by atoms with Crippen molar-refractivity contribution in [3.05, 3.63) is 35.4 Å². The summed E-state index contributed by atoms with van der Waals surface area (Å²) in [5, 5.41) is 2.71. The summed E-state index contributed by atoms with van der Waals surface area (Å²) in [5.41, 5.74) is -0.301. The molecule has 8 heteroatoms. The van der Waals surface area contributed by atoms with Gasteiger partial charge < -0.3 is 10.2 Å². The standard InChI is InChI=1S/C15H20F2N2O3S/c1-23(21,22)9-8-19-6-4-12(5-7-19)18-15(20)13-10-11(16)2-3-14(13)17/h2-3,10,12H,4-9H2,1H3,(H,18,20). The first kappa shape index (κ1) is 17.8. The first-order valence-electron chi connectivity index (χ1n) is 7.40. The van der Waals surface area contributed by atoms with E-state index in [0.29, 0.717) is 32.5 Å². The van der Waals surface area contributed by atoms with E-state index in [1.807, 2.05) is 4.90 Å². The van der Waals surface area contributed by atoms with Gasteiger partial charge in [0.15, 0.2) is 0 Å². The average molecular weight is 346 g/mol. The molecule has 1 aromatic carbocycles. The molecular formula is C15H20F2N2O3S. The number of rotatable bonds is 5. The topological polar surface area (TPSA) is 66.5 Å². The van der Waals surface area contributed by atoms with Crippen LogP contribution < -0.4 is 5.32 Å². The lowest BCUT2D eigenvalue weighted by Crippen LogP contribution is -2.45. The molecule has 1 heterocycles. The summed E-state index contributed by atoms with van der Waals surface area (Å²) in [6.45, 7) is 1.79. The maximum Gasteiger partial charge on any atom is 0.254 e. The van der Waals surface area contributed by atoms with Crippen molar-refractivity contribution < 1.29 is 22.0 Å². The van der Waals surface area contributed by atoms with Crippen LogP contribution in [0.25, 0.3) is 0 Å². The van der Waals surface area contributed by atoms with Gasteiger partial charge in [-0.05, 0) is 31.0 Å². The van der Waals surface area contributed by atoms with Crippen molar-refractivity contribution in [3.8, 4) is 0 Å². The molecule has 1 N–H and O–H groups in total. The van der Waals surface area contributed by atoms with Crippen LogP contribution in [-0.2, 0) is 9.84 Å². The number of amides is 1. The Balaban J connectivity index is 1.84. The molecule has 0 unspecified atom stereocenters. The van der Waals surface area contributed by atoms with Crippen LogP contribution in [0, 0.1) is 11.6 Å². The minimum Gasteiger partial charge on any atom is -0.349 e. The summed E-state index contributed by atoms with van der Waals surface area (Å²) in [6.07, 6.45) is 2.49. The second kappa shape index (κ2) is 7.35. The zero-order valence-corrected chi connectivity index (χ0v) is 13.7. The van der Waals surface area contributed by atoms with Crippen LogP contribution in [0.5, 0.6) is 0 Å². The number of likely N-dealkylation sites (tertiary alicyclic amines) is 1. The molecular weight excluding hydrogens is 326 g/mol. The van der Waals surface area contributed by atoms with Gasteiger partial charge in [-0.25, -0.2) is 17.2 Å². The number of carbonyl (C=O) groups excluding carboxylic acids is 1. The smallest absolute Gasteiger partial charge is 0.254 e. The van der Waals surface area contributed by atoms with Gasteiger partial charge in [-0.2, -0.15) is 0 Å². The number of carbonyl (C=O) groups is 1. The van der Waals surface area contributed by atoms with E-state index in [2.05, 4.69) is 5.32 Å². The Bertz CT molecular complexity index is 671. The van der Waals surface area contributed by atoms with Gasteiger partial charge >= 0.3 is 0 Å². The Hall–Kier alpha value is -1.54. The SMILES string of the molecule is CS(=O)(=O)CCN1CCC(NC(=O)c2cc(F)ccc2F)CC1. The number of nitrogens with one attached hydrogen (secondary N) is 1. The number of benzene rings is 1. The minimum absolute atomic E-state index is 0.110. The summed E-state index contributed by atoms with van der Waals surface area (Å²) < 4.78 is 49.0. The summed E-state index contributed by atoms with van der Waals surface area (Å²) in [7, 11) is -2.99. The van der Waals surface area contributed by atoms with Crippen LogP contribution in [0.15, 0.2) is 18.2 Å². The molecule has 1 aliphatic heterocycles. The summed E-state index contributed by atoms with van der Waals surface area (Å²) in [5.74, 6) is -1.93. The van der Waals surface area contributed by atoms with Crippen LogP contribution >= 0.6 is 0 Å². The van der Waals surface area contributed by atoms with E-state index < -0.39 is 27.4 Å². The third kappa shape index (κ3) is 5.54. The van der Waals surface area contributed by atoms with Crippen molar-refractivity contribution in [1.29, 1.82) is 0 Å². The lowest BCUT2D eigenvalue weighted by atomic mass is 10.0. The fraction of sp³-hybridized carbons (Fsp3) is 0.533. The molecule has 23 heavy (non-hydrogen) atoms. The maximum absolute atomic E-state index is 13.6. The minimum atomic E-state index is -2.99. The highest BCUT2D eigenvalue weighted by molar-refractivity contribution is 7.90. The monoisotopic (exact) mass is 346 g/mol. The largest absolute Gasteiger partial charge is 0.349 e. The highest BCUT2D eigenvalue weighted by Gasteiger charge is 2.23. The lowest BCUT2D eigenvalue weighted by molar-refractivity contribution is 0.0908. The van der Waals surface area contributed by atoms with Crippen molar-refractivity contribution in [2.75, 3.05) is 31.6 Å². The van der Waals surface area contributed by atoms with E-state index in [9.17, 15) is 22.0 Å². The molecule has 0 spiro atoms. The first-order chi connectivity index (χ1) is 10.7. The molecule has 0 aromatic heterocycles. The average Bonchev–Trinajstić information content (AvgIpc) is 2.48. The lowest BCUT2D eigenvalue weighted by Gasteiger charge is -2.32. The van der Waals surface area contributed by atoms with Gasteiger partial charge in [-0.1, -0.05) is 0 Å². The number of halogens is 2. The quantitative estimate of drug-likeness (QED) is 0.870. The molecule has 0 radical (unpaired) electrons. The Labute approximate surface area is 134 Å². The highest BCUT2D eigenvalue weighted by Crippen LogP contribution is 2.13. The molecule has 128 valence electrons. The third-order valence-electron chi connectivity index (χ3n) is 3.87. The highest BCUT2D eigenvalue weighted by atomic mass is 32.2. The fourth-order valence-electron chi connectivity index (χ4n) is 2.53. The molecule has 0 atom stereocenters. The fourth-order valence-corrected chi connectivity index (χ4v) is 3.12. The Kier molecular flexibility index (Phi) is 5.69. The van der Waals surface area contributed by atoms with Gasteiger partial charge in [0, 0.05) is 31.9 Å². The van der Waals surface area contributed by atoms with Crippen LogP contribution in [0.3, 0.4) is 0 Å². The summed E-state index contributed by atoms with van der Waals surface area (Å²) in [4.78, 5) is 14.0. The van der Waals surface area contributed by atoms with E-state index in [4.69, 9.17) is 0 Å². The maximum atomic E-state index is 13.6. The third-order valence-corrected chi connectivity index (χ3v) is 4.80.